The van der Waals surface area contributed by atoms with Crippen molar-refractivity contribution in [1.29, 1.82) is 0 Å². The molecule has 11 heteroatoms. The number of anilines is 1. The first-order valence-corrected chi connectivity index (χ1v) is 12.3. The summed E-state index contributed by atoms with van der Waals surface area (Å²) in [6.07, 6.45) is 0. The van der Waals surface area contributed by atoms with Crippen LogP contribution in [0.2, 0.25) is 0 Å². The van der Waals surface area contributed by atoms with Gasteiger partial charge in [-0.1, -0.05) is 41.3 Å². The number of aromatic nitrogens is 5. The van der Waals surface area contributed by atoms with E-state index >= 15 is 0 Å². The minimum absolute atomic E-state index is 0.0515. The summed E-state index contributed by atoms with van der Waals surface area (Å²) in [6, 6.07) is 14.8. The van der Waals surface area contributed by atoms with Gasteiger partial charge in [-0.05, 0) is 44.2 Å². The van der Waals surface area contributed by atoms with Gasteiger partial charge in [0.2, 0.25) is 11.0 Å². The van der Waals surface area contributed by atoms with E-state index in [-0.39, 0.29) is 17.2 Å². The van der Waals surface area contributed by atoms with Crippen LogP contribution in [-0.2, 0) is 4.79 Å². The lowest BCUT2D eigenvalue weighted by Crippen LogP contribution is -2.23. The number of fused-ring (bicyclic) bond motifs is 3. The molecule has 0 aliphatic heterocycles. The molecule has 3 heterocycles. The third kappa shape index (κ3) is 4.27. The van der Waals surface area contributed by atoms with Crippen LogP contribution in [0.1, 0.15) is 11.9 Å². The van der Waals surface area contributed by atoms with Crippen LogP contribution in [0.15, 0.2) is 58.5 Å². The number of rotatable bonds is 7. The third-order valence-corrected chi connectivity index (χ3v) is 6.70. The predicted molar refractivity (Wildman–Crippen MR) is 134 cm³/mol. The fraction of sp³-hybridized carbons (Fsp3) is 0.174. The lowest BCUT2D eigenvalue weighted by molar-refractivity contribution is -0.113. The van der Waals surface area contributed by atoms with Crippen molar-refractivity contribution in [1.82, 2.24) is 24.7 Å². The summed E-state index contributed by atoms with van der Waals surface area (Å²) in [5.41, 5.74) is 2.20. The van der Waals surface area contributed by atoms with E-state index in [2.05, 4.69) is 20.5 Å². The molecule has 5 aromatic rings. The maximum absolute atomic E-state index is 13.6. The van der Waals surface area contributed by atoms with E-state index in [1.54, 1.807) is 24.3 Å². The van der Waals surface area contributed by atoms with Gasteiger partial charge in [0.05, 0.1) is 18.0 Å². The highest BCUT2D eigenvalue weighted by Gasteiger charge is 2.18. The Morgan fingerprint density at radius 1 is 1.18 bits per heavy atom. The van der Waals surface area contributed by atoms with Crippen LogP contribution in [0.4, 0.5) is 5.13 Å². The minimum Gasteiger partial charge on any atom is -0.494 e. The largest absolute Gasteiger partial charge is 0.494 e. The molecule has 0 aliphatic rings. The summed E-state index contributed by atoms with van der Waals surface area (Å²) in [5, 5.41) is 13.0. The number of benzene rings is 2. The van der Waals surface area contributed by atoms with Crippen LogP contribution in [0, 0.1) is 6.92 Å². The van der Waals surface area contributed by atoms with Crippen molar-refractivity contribution < 1.29 is 9.53 Å². The van der Waals surface area contributed by atoms with E-state index in [0.29, 0.717) is 39.4 Å². The number of carbonyl (C=O) groups is 1. The second-order valence-electron chi connectivity index (χ2n) is 7.32. The maximum Gasteiger partial charge on any atom is 0.283 e. The molecule has 34 heavy (non-hydrogen) atoms. The lowest BCUT2D eigenvalue weighted by Gasteiger charge is -2.13. The van der Waals surface area contributed by atoms with Gasteiger partial charge >= 0.3 is 0 Å². The first kappa shape index (κ1) is 22.1. The van der Waals surface area contributed by atoms with E-state index in [0.717, 1.165) is 15.9 Å². The number of aromatic amines is 1. The van der Waals surface area contributed by atoms with E-state index in [4.69, 9.17) is 9.72 Å². The number of nitrogens with zero attached hydrogens (tertiary/aromatic N) is 4. The van der Waals surface area contributed by atoms with Gasteiger partial charge in [0, 0.05) is 10.9 Å². The van der Waals surface area contributed by atoms with Gasteiger partial charge in [-0.15, -0.1) is 10.2 Å². The molecule has 1 amide bonds. The van der Waals surface area contributed by atoms with Crippen LogP contribution in [-0.4, -0.2) is 43.0 Å². The number of para-hydroxylation sites is 1. The molecule has 5 rings (SSSR count). The van der Waals surface area contributed by atoms with E-state index in [9.17, 15) is 9.59 Å². The van der Waals surface area contributed by atoms with E-state index in [1.165, 1.54) is 27.7 Å². The molecule has 0 unspecified atom stereocenters. The van der Waals surface area contributed by atoms with Crippen molar-refractivity contribution >= 4 is 56.1 Å². The van der Waals surface area contributed by atoms with Crippen molar-refractivity contribution in [3.63, 3.8) is 0 Å². The smallest absolute Gasteiger partial charge is 0.283 e. The zero-order valence-electron chi connectivity index (χ0n) is 18.4. The van der Waals surface area contributed by atoms with Crippen molar-refractivity contribution in [3.05, 3.63) is 63.9 Å². The molecular weight excluding hydrogens is 472 g/mol. The number of H-pyrrole nitrogens is 1. The van der Waals surface area contributed by atoms with Crippen LogP contribution in [0.3, 0.4) is 0 Å². The van der Waals surface area contributed by atoms with Crippen LogP contribution < -0.4 is 15.6 Å². The number of aryl methyl sites for hydroxylation is 1. The van der Waals surface area contributed by atoms with Gasteiger partial charge in [-0.25, -0.2) is 4.98 Å². The lowest BCUT2D eigenvalue weighted by atomic mass is 10.2. The third-order valence-electron chi connectivity index (χ3n) is 5.01. The van der Waals surface area contributed by atoms with Gasteiger partial charge in [0.1, 0.15) is 21.8 Å². The molecule has 9 nitrogen and oxygen atoms in total. The molecule has 0 aliphatic carbocycles. The fourth-order valence-electron chi connectivity index (χ4n) is 3.56. The summed E-state index contributed by atoms with van der Waals surface area (Å²) in [7, 11) is 0. The standard InChI is InChI=1S/C23H20N6O3S2/c1-3-32-15-10-8-14(9-11-15)29-21(31)20-19(16-6-4-5-7-17(16)24-20)26-23(29)33-12-18(30)25-22-28-27-13(2)34-22/h4-11,24H,3,12H2,1-2H3,(H,25,28,30). The van der Waals surface area contributed by atoms with Gasteiger partial charge in [-0.3, -0.25) is 19.5 Å². The zero-order valence-corrected chi connectivity index (χ0v) is 20.0. The normalized spacial score (nSPS) is 11.2. The number of ether oxygens (including phenoxy) is 1. The molecule has 0 saturated heterocycles. The van der Waals surface area contributed by atoms with Gasteiger partial charge < -0.3 is 9.72 Å². The number of nitrogens with one attached hydrogen (secondary N) is 2. The zero-order chi connectivity index (χ0) is 23.7. The van der Waals surface area contributed by atoms with Crippen LogP contribution in [0.5, 0.6) is 5.75 Å². The topological polar surface area (TPSA) is 115 Å². The molecule has 0 bridgehead atoms. The Balaban J connectivity index is 1.56. The van der Waals surface area contributed by atoms with Gasteiger partial charge in [-0.2, -0.15) is 0 Å². The Morgan fingerprint density at radius 2 is 1.97 bits per heavy atom. The molecule has 0 atom stereocenters. The van der Waals surface area contributed by atoms with Crippen molar-refractivity contribution in [2.45, 2.75) is 19.0 Å². The predicted octanol–water partition coefficient (Wildman–Crippen LogP) is 4.16. The summed E-state index contributed by atoms with van der Waals surface area (Å²) in [5.74, 6) is 0.503. The Bertz CT molecular complexity index is 1560. The number of amides is 1. The van der Waals surface area contributed by atoms with E-state index in [1.807, 2.05) is 38.1 Å². The highest BCUT2D eigenvalue weighted by molar-refractivity contribution is 7.99. The van der Waals surface area contributed by atoms with Crippen molar-refractivity contribution in [2.75, 3.05) is 17.7 Å². The molecule has 2 N–H and O–H groups in total. The minimum atomic E-state index is -0.257. The average Bonchev–Trinajstić information content (AvgIpc) is 3.42. The second-order valence-corrected chi connectivity index (χ2v) is 9.44. The summed E-state index contributed by atoms with van der Waals surface area (Å²) >= 11 is 2.48. The highest BCUT2D eigenvalue weighted by atomic mass is 32.2. The maximum atomic E-state index is 13.6. The molecule has 2 aromatic carbocycles. The SMILES string of the molecule is CCOc1ccc(-n2c(SCC(=O)Nc3nnc(C)s3)nc3c([nH]c4ccccc43)c2=O)cc1. The van der Waals surface area contributed by atoms with Crippen molar-refractivity contribution in [2.24, 2.45) is 0 Å². The first-order valence-electron chi connectivity index (χ1n) is 10.5. The molecule has 0 spiro atoms. The number of hydrogen-bond acceptors (Lipinski definition) is 8. The molecule has 0 saturated carbocycles. The molecular formula is C23H20N6O3S2. The Morgan fingerprint density at radius 3 is 2.71 bits per heavy atom. The van der Waals surface area contributed by atoms with E-state index < -0.39 is 0 Å². The van der Waals surface area contributed by atoms with Gasteiger partial charge in [0.25, 0.3) is 5.56 Å². The number of thioether (sulfide) groups is 1. The Labute approximate surface area is 202 Å². The number of hydrogen-bond donors (Lipinski definition) is 2. The molecule has 172 valence electrons. The summed E-state index contributed by atoms with van der Waals surface area (Å²) in [6.45, 7) is 4.28. The Hall–Kier alpha value is -3.70. The number of carbonyl (C=O) groups excluding carboxylic acids is 1. The van der Waals surface area contributed by atoms with Crippen LogP contribution in [0.25, 0.3) is 27.6 Å². The molecule has 0 radical (unpaired) electrons. The monoisotopic (exact) mass is 492 g/mol. The second kappa shape index (κ2) is 9.27. The highest BCUT2D eigenvalue weighted by Crippen LogP contribution is 2.27. The quantitative estimate of drug-likeness (QED) is 0.259. The molecule has 0 fully saturated rings. The summed E-state index contributed by atoms with van der Waals surface area (Å²) in [4.78, 5) is 34.1. The fourth-order valence-corrected chi connectivity index (χ4v) is 4.97. The molecule has 3 aromatic heterocycles. The van der Waals surface area contributed by atoms with Crippen LogP contribution >= 0.6 is 23.1 Å². The average molecular weight is 493 g/mol. The van der Waals surface area contributed by atoms with Crippen molar-refractivity contribution in [3.8, 4) is 11.4 Å². The Kier molecular flexibility index (Phi) is 6.03. The summed E-state index contributed by atoms with van der Waals surface area (Å²) < 4.78 is 7.04. The van der Waals surface area contributed by atoms with Gasteiger partial charge in [0.15, 0.2) is 5.16 Å². The first-order chi connectivity index (χ1) is 16.5.